The van der Waals surface area contributed by atoms with Crippen molar-refractivity contribution in [1.82, 2.24) is 4.90 Å². The van der Waals surface area contributed by atoms with Crippen molar-refractivity contribution < 1.29 is 19.3 Å². The molecule has 3 rings (SSSR count). The molecule has 1 heterocycles. The second-order valence-corrected chi connectivity index (χ2v) is 6.65. The molecule has 0 radical (unpaired) electrons. The Labute approximate surface area is 159 Å². The van der Waals surface area contributed by atoms with Gasteiger partial charge >= 0.3 is 0 Å². The Balaban J connectivity index is 1.47. The highest BCUT2D eigenvalue weighted by Crippen LogP contribution is 2.31. The van der Waals surface area contributed by atoms with E-state index in [1.54, 1.807) is 12.1 Å². The van der Waals surface area contributed by atoms with E-state index < -0.39 is 6.10 Å². The maximum absolute atomic E-state index is 10.3. The van der Waals surface area contributed by atoms with Crippen molar-refractivity contribution in [3.63, 3.8) is 0 Å². The van der Waals surface area contributed by atoms with Crippen LogP contribution < -0.4 is 14.2 Å². The number of hydrogen-bond donors (Lipinski definition) is 1. The summed E-state index contributed by atoms with van der Waals surface area (Å²) < 4.78 is 17.4. The minimum atomic E-state index is -0.622. The van der Waals surface area contributed by atoms with Crippen LogP contribution >= 0.6 is 11.6 Å². The number of aliphatic hydroxyl groups is 1. The molecular weight excluding hydrogens is 354 g/mol. The van der Waals surface area contributed by atoms with Gasteiger partial charge in [0.1, 0.15) is 31.2 Å². The van der Waals surface area contributed by atoms with Crippen molar-refractivity contribution in [3.8, 4) is 17.2 Å². The fourth-order valence-electron chi connectivity index (χ4n) is 2.87. The predicted octanol–water partition coefficient (Wildman–Crippen LogP) is 3.24. The number of benzene rings is 2. The summed E-state index contributed by atoms with van der Waals surface area (Å²) in [5.74, 6) is 2.12. The Morgan fingerprint density at radius 1 is 1.19 bits per heavy atom. The smallest absolute Gasteiger partial charge is 0.161 e. The molecule has 0 bridgehead atoms. The van der Waals surface area contributed by atoms with Gasteiger partial charge in [0, 0.05) is 13.1 Å². The molecule has 26 heavy (non-hydrogen) atoms. The summed E-state index contributed by atoms with van der Waals surface area (Å²) in [6.45, 7) is 4.70. The first-order valence-corrected chi connectivity index (χ1v) is 9.19. The Bertz CT molecular complexity index is 712. The standard InChI is InChI=1S/C20H24ClNO4/c1-2-22(11-15(23)13-24-18-8-4-3-7-17(18)21)12-16-14-25-19-9-5-6-10-20(19)26-16/h3-10,15-16,23H,2,11-14H2,1H3. The molecule has 2 aromatic carbocycles. The van der Waals surface area contributed by atoms with Gasteiger partial charge in [0.25, 0.3) is 0 Å². The fourth-order valence-corrected chi connectivity index (χ4v) is 3.06. The Morgan fingerprint density at radius 3 is 2.69 bits per heavy atom. The molecule has 2 atom stereocenters. The van der Waals surface area contributed by atoms with Crippen molar-refractivity contribution in [2.24, 2.45) is 0 Å². The maximum Gasteiger partial charge on any atom is 0.161 e. The maximum atomic E-state index is 10.3. The number of aliphatic hydroxyl groups excluding tert-OH is 1. The highest BCUT2D eigenvalue weighted by molar-refractivity contribution is 6.32. The zero-order chi connectivity index (χ0) is 18.4. The van der Waals surface area contributed by atoms with Gasteiger partial charge in [-0.1, -0.05) is 42.8 Å². The van der Waals surface area contributed by atoms with Crippen molar-refractivity contribution >= 4 is 11.6 Å². The van der Waals surface area contributed by atoms with E-state index in [-0.39, 0.29) is 12.7 Å². The molecule has 5 nitrogen and oxygen atoms in total. The van der Waals surface area contributed by atoms with Crippen LogP contribution in [0.5, 0.6) is 17.2 Å². The Hall–Kier alpha value is -1.95. The van der Waals surface area contributed by atoms with Gasteiger partial charge in [-0.05, 0) is 30.8 Å². The van der Waals surface area contributed by atoms with Crippen LogP contribution in [-0.2, 0) is 0 Å². The van der Waals surface area contributed by atoms with E-state index in [1.807, 2.05) is 36.4 Å². The number of rotatable bonds is 8. The van der Waals surface area contributed by atoms with Crippen LogP contribution in [0.4, 0.5) is 0 Å². The summed E-state index contributed by atoms with van der Waals surface area (Å²) in [6, 6.07) is 14.9. The minimum absolute atomic E-state index is 0.0680. The molecule has 1 N–H and O–H groups in total. The second-order valence-electron chi connectivity index (χ2n) is 6.25. The van der Waals surface area contributed by atoms with Crippen molar-refractivity contribution in [2.75, 3.05) is 32.8 Å². The molecule has 0 saturated heterocycles. The van der Waals surface area contributed by atoms with E-state index in [2.05, 4.69) is 11.8 Å². The van der Waals surface area contributed by atoms with E-state index in [1.165, 1.54) is 0 Å². The van der Waals surface area contributed by atoms with Gasteiger partial charge in [-0.3, -0.25) is 4.90 Å². The van der Waals surface area contributed by atoms with Gasteiger partial charge < -0.3 is 19.3 Å². The lowest BCUT2D eigenvalue weighted by molar-refractivity contribution is 0.0301. The molecule has 0 aromatic heterocycles. The van der Waals surface area contributed by atoms with E-state index in [4.69, 9.17) is 25.8 Å². The zero-order valence-electron chi connectivity index (χ0n) is 14.8. The predicted molar refractivity (Wildman–Crippen MR) is 101 cm³/mol. The molecule has 1 aliphatic heterocycles. The lowest BCUT2D eigenvalue weighted by Gasteiger charge is -2.31. The largest absolute Gasteiger partial charge is 0.489 e. The number of para-hydroxylation sites is 3. The third-order valence-electron chi connectivity index (χ3n) is 4.21. The van der Waals surface area contributed by atoms with E-state index in [9.17, 15) is 5.11 Å². The van der Waals surface area contributed by atoms with Crippen LogP contribution in [0.2, 0.25) is 5.02 Å². The molecule has 2 aromatic rings. The SMILES string of the molecule is CCN(CC(O)COc1ccccc1Cl)CC1COc2ccccc2O1. The van der Waals surface area contributed by atoms with E-state index in [0.29, 0.717) is 30.5 Å². The fraction of sp³-hybridized carbons (Fsp3) is 0.400. The summed E-state index contributed by atoms with van der Waals surface area (Å²) >= 11 is 6.06. The van der Waals surface area contributed by atoms with Crippen molar-refractivity contribution in [3.05, 3.63) is 53.6 Å². The quantitative estimate of drug-likeness (QED) is 0.765. The van der Waals surface area contributed by atoms with Gasteiger partial charge in [-0.2, -0.15) is 0 Å². The van der Waals surface area contributed by atoms with Gasteiger partial charge in [0.05, 0.1) is 5.02 Å². The summed E-state index contributed by atoms with van der Waals surface area (Å²) in [5.41, 5.74) is 0. The van der Waals surface area contributed by atoms with Crippen LogP contribution in [0.3, 0.4) is 0 Å². The van der Waals surface area contributed by atoms with E-state index in [0.717, 1.165) is 18.0 Å². The summed E-state index contributed by atoms with van der Waals surface area (Å²) in [7, 11) is 0. The topological polar surface area (TPSA) is 51.2 Å². The molecule has 0 aliphatic carbocycles. The lowest BCUT2D eigenvalue weighted by Crippen LogP contribution is -2.44. The molecule has 0 fully saturated rings. The Morgan fingerprint density at radius 2 is 1.92 bits per heavy atom. The van der Waals surface area contributed by atoms with Crippen LogP contribution in [0, 0.1) is 0 Å². The minimum Gasteiger partial charge on any atom is -0.489 e. The van der Waals surface area contributed by atoms with Gasteiger partial charge in [0.2, 0.25) is 0 Å². The number of fused-ring (bicyclic) bond motifs is 1. The van der Waals surface area contributed by atoms with Gasteiger partial charge in [-0.15, -0.1) is 0 Å². The average molecular weight is 378 g/mol. The number of hydrogen-bond acceptors (Lipinski definition) is 5. The third-order valence-corrected chi connectivity index (χ3v) is 4.53. The van der Waals surface area contributed by atoms with E-state index >= 15 is 0 Å². The average Bonchev–Trinajstić information content (AvgIpc) is 2.66. The molecule has 0 spiro atoms. The molecule has 6 heteroatoms. The van der Waals surface area contributed by atoms with Gasteiger partial charge in [-0.25, -0.2) is 0 Å². The number of likely N-dealkylation sites (N-methyl/N-ethyl adjacent to an activating group) is 1. The number of ether oxygens (including phenoxy) is 3. The normalized spacial score (nSPS) is 17.2. The third kappa shape index (κ3) is 5.04. The first kappa shape index (κ1) is 18.8. The second kappa shape index (κ2) is 9.12. The molecule has 140 valence electrons. The Kier molecular flexibility index (Phi) is 6.61. The lowest BCUT2D eigenvalue weighted by atomic mass is 10.2. The molecule has 1 aliphatic rings. The van der Waals surface area contributed by atoms with Crippen molar-refractivity contribution in [2.45, 2.75) is 19.1 Å². The molecule has 2 unspecified atom stereocenters. The highest BCUT2D eigenvalue weighted by Gasteiger charge is 2.23. The van der Waals surface area contributed by atoms with Crippen LogP contribution in [0.15, 0.2) is 48.5 Å². The highest BCUT2D eigenvalue weighted by atomic mass is 35.5. The number of nitrogens with zero attached hydrogens (tertiary/aromatic N) is 1. The molecular formula is C20H24ClNO4. The van der Waals surface area contributed by atoms with Crippen molar-refractivity contribution in [1.29, 1.82) is 0 Å². The van der Waals surface area contributed by atoms with Crippen LogP contribution in [0.1, 0.15) is 6.92 Å². The molecule has 0 amide bonds. The summed E-state index contributed by atoms with van der Waals surface area (Å²) in [4.78, 5) is 2.13. The molecule has 0 saturated carbocycles. The first-order valence-electron chi connectivity index (χ1n) is 8.82. The van der Waals surface area contributed by atoms with Gasteiger partial charge in [0.15, 0.2) is 11.5 Å². The summed E-state index contributed by atoms with van der Waals surface area (Å²) in [6.07, 6.45) is -0.690. The monoisotopic (exact) mass is 377 g/mol. The number of halogens is 1. The summed E-state index contributed by atoms with van der Waals surface area (Å²) in [5, 5.41) is 10.8. The van der Waals surface area contributed by atoms with Crippen LogP contribution in [-0.4, -0.2) is 55.1 Å². The zero-order valence-corrected chi connectivity index (χ0v) is 15.6. The van der Waals surface area contributed by atoms with Crippen LogP contribution in [0.25, 0.3) is 0 Å². The first-order chi connectivity index (χ1) is 12.7.